The third kappa shape index (κ3) is 3.71. The third-order valence-electron chi connectivity index (χ3n) is 3.42. The molecule has 0 spiro atoms. The van der Waals surface area contributed by atoms with Gasteiger partial charge in [-0.25, -0.2) is 12.7 Å². The van der Waals surface area contributed by atoms with Crippen LogP contribution in [0.3, 0.4) is 0 Å². The molecule has 1 saturated carbocycles. The van der Waals surface area contributed by atoms with Crippen LogP contribution in [0.5, 0.6) is 0 Å². The average Bonchev–Trinajstić information content (AvgIpc) is 2.25. The van der Waals surface area contributed by atoms with Crippen LogP contribution in [0, 0.1) is 5.92 Å². The summed E-state index contributed by atoms with van der Waals surface area (Å²) in [5.74, 6) is 0.680. The van der Waals surface area contributed by atoms with Crippen LogP contribution in [0.2, 0.25) is 0 Å². The summed E-state index contributed by atoms with van der Waals surface area (Å²) >= 11 is 0. The van der Waals surface area contributed by atoms with Crippen LogP contribution in [0.1, 0.15) is 39.0 Å². The Balaban J connectivity index is 2.58. The van der Waals surface area contributed by atoms with E-state index >= 15 is 0 Å². The highest BCUT2D eigenvalue weighted by Crippen LogP contribution is 2.28. The fraction of sp³-hybridized carbons (Fsp3) is 1.00. The molecular formula is C11H23NO3S. The summed E-state index contributed by atoms with van der Waals surface area (Å²) in [6.07, 6.45) is 4.59. The van der Waals surface area contributed by atoms with E-state index in [2.05, 4.69) is 6.92 Å². The van der Waals surface area contributed by atoms with Gasteiger partial charge in [0.1, 0.15) is 0 Å². The van der Waals surface area contributed by atoms with E-state index in [1.54, 1.807) is 7.05 Å². The van der Waals surface area contributed by atoms with Crippen molar-refractivity contribution in [3.8, 4) is 0 Å². The predicted octanol–water partition coefficient (Wildman–Crippen LogP) is 1.21. The SMILES string of the molecule is CC1CCCC(N(C)S(=O)(=O)CCCO)C1. The first-order valence-electron chi connectivity index (χ1n) is 6.04. The Morgan fingerprint density at radius 2 is 2.06 bits per heavy atom. The molecule has 2 atom stereocenters. The second-order valence-electron chi connectivity index (χ2n) is 4.83. The Kier molecular flexibility index (Phi) is 5.21. The lowest BCUT2D eigenvalue weighted by atomic mass is 9.87. The molecule has 0 radical (unpaired) electrons. The Morgan fingerprint density at radius 1 is 1.38 bits per heavy atom. The zero-order valence-corrected chi connectivity index (χ0v) is 11.0. The number of aliphatic hydroxyl groups excluding tert-OH is 1. The lowest BCUT2D eigenvalue weighted by Gasteiger charge is -2.33. The van der Waals surface area contributed by atoms with Crippen LogP contribution in [0.15, 0.2) is 0 Å². The number of nitrogens with zero attached hydrogens (tertiary/aromatic N) is 1. The molecule has 96 valence electrons. The smallest absolute Gasteiger partial charge is 0.214 e. The topological polar surface area (TPSA) is 57.6 Å². The first kappa shape index (κ1) is 13.9. The molecule has 0 aromatic carbocycles. The van der Waals surface area contributed by atoms with Crippen molar-refractivity contribution >= 4 is 10.0 Å². The first-order chi connectivity index (χ1) is 7.47. The molecule has 16 heavy (non-hydrogen) atoms. The van der Waals surface area contributed by atoms with Gasteiger partial charge in [0.2, 0.25) is 10.0 Å². The van der Waals surface area contributed by atoms with Crippen molar-refractivity contribution in [3.05, 3.63) is 0 Å². The van der Waals surface area contributed by atoms with Gasteiger partial charge < -0.3 is 5.11 Å². The highest BCUT2D eigenvalue weighted by atomic mass is 32.2. The first-order valence-corrected chi connectivity index (χ1v) is 7.65. The monoisotopic (exact) mass is 249 g/mol. The van der Waals surface area contributed by atoms with Crippen molar-refractivity contribution < 1.29 is 13.5 Å². The van der Waals surface area contributed by atoms with Gasteiger partial charge in [0.25, 0.3) is 0 Å². The summed E-state index contributed by atoms with van der Waals surface area (Å²) < 4.78 is 25.3. The van der Waals surface area contributed by atoms with E-state index in [9.17, 15) is 8.42 Å². The zero-order valence-electron chi connectivity index (χ0n) is 10.2. The summed E-state index contributed by atoms with van der Waals surface area (Å²) in [4.78, 5) is 0. The van der Waals surface area contributed by atoms with Crippen LogP contribution < -0.4 is 0 Å². The Morgan fingerprint density at radius 3 is 2.62 bits per heavy atom. The van der Waals surface area contributed by atoms with E-state index in [-0.39, 0.29) is 18.4 Å². The molecule has 0 heterocycles. The quantitative estimate of drug-likeness (QED) is 0.796. The lowest BCUT2D eigenvalue weighted by molar-refractivity contribution is 0.238. The summed E-state index contributed by atoms with van der Waals surface area (Å²) in [6.45, 7) is 2.12. The maximum atomic E-state index is 11.9. The van der Waals surface area contributed by atoms with Crippen molar-refractivity contribution in [1.29, 1.82) is 0 Å². The minimum Gasteiger partial charge on any atom is -0.396 e. The van der Waals surface area contributed by atoms with Crippen molar-refractivity contribution in [1.82, 2.24) is 4.31 Å². The number of aliphatic hydroxyl groups is 1. The van der Waals surface area contributed by atoms with Crippen LogP contribution in [0.4, 0.5) is 0 Å². The van der Waals surface area contributed by atoms with Crippen molar-refractivity contribution in [2.75, 3.05) is 19.4 Å². The molecule has 1 rings (SSSR count). The van der Waals surface area contributed by atoms with Gasteiger partial charge >= 0.3 is 0 Å². The average molecular weight is 249 g/mol. The Hall–Kier alpha value is -0.130. The van der Waals surface area contributed by atoms with Crippen LogP contribution in [-0.4, -0.2) is 43.3 Å². The molecule has 0 saturated heterocycles. The van der Waals surface area contributed by atoms with Crippen molar-refractivity contribution in [3.63, 3.8) is 0 Å². The maximum absolute atomic E-state index is 11.9. The Bertz CT molecular complexity index is 302. The van der Waals surface area contributed by atoms with Crippen LogP contribution in [0.25, 0.3) is 0 Å². The van der Waals surface area contributed by atoms with Gasteiger partial charge in [-0.2, -0.15) is 0 Å². The van der Waals surface area contributed by atoms with Gasteiger partial charge in [-0.3, -0.25) is 0 Å². The van der Waals surface area contributed by atoms with Gasteiger partial charge in [0.15, 0.2) is 0 Å². The fourth-order valence-electron chi connectivity index (χ4n) is 2.35. The van der Waals surface area contributed by atoms with Crippen LogP contribution >= 0.6 is 0 Å². The molecule has 0 aliphatic heterocycles. The standard InChI is InChI=1S/C11H23NO3S/c1-10-5-3-6-11(9-10)12(2)16(14,15)8-4-7-13/h10-11,13H,3-9H2,1-2H3. The van der Waals surface area contributed by atoms with E-state index in [4.69, 9.17) is 5.11 Å². The van der Waals surface area contributed by atoms with E-state index < -0.39 is 10.0 Å². The molecule has 0 bridgehead atoms. The molecule has 1 N–H and O–H groups in total. The zero-order chi connectivity index (χ0) is 12.2. The number of sulfonamides is 1. The largest absolute Gasteiger partial charge is 0.396 e. The molecule has 0 aromatic rings. The molecular weight excluding hydrogens is 226 g/mol. The second kappa shape index (κ2) is 5.98. The van der Waals surface area contributed by atoms with E-state index in [1.165, 1.54) is 10.7 Å². The summed E-state index contributed by atoms with van der Waals surface area (Å²) in [7, 11) is -1.50. The molecule has 2 unspecified atom stereocenters. The molecule has 1 aliphatic rings. The fourth-order valence-corrected chi connectivity index (χ4v) is 3.78. The number of rotatable bonds is 5. The molecule has 1 aliphatic carbocycles. The van der Waals surface area contributed by atoms with Gasteiger partial charge in [-0.15, -0.1) is 0 Å². The molecule has 5 heteroatoms. The summed E-state index contributed by atoms with van der Waals surface area (Å²) in [5, 5.41) is 8.68. The van der Waals surface area contributed by atoms with E-state index in [1.807, 2.05) is 0 Å². The van der Waals surface area contributed by atoms with Gasteiger partial charge in [-0.1, -0.05) is 19.8 Å². The summed E-state index contributed by atoms with van der Waals surface area (Å²) in [6, 6.07) is 0.160. The molecule has 1 fully saturated rings. The highest BCUT2D eigenvalue weighted by Gasteiger charge is 2.29. The minimum atomic E-state index is -3.17. The number of hydrogen-bond acceptors (Lipinski definition) is 3. The Labute approximate surface area is 98.7 Å². The lowest BCUT2D eigenvalue weighted by Crippen LogP contribution is -2.41. The molecule has 0 amide bonds. The number of hydrogen-bond donors (Lipinski definition) is 1. The third-order valence-corrected chi connectivity index (χ3v) is 5.40. The summed E-state index contributed by atoms with van der Waals surface area (Å²) in [5.41, 5.74) is 0. The maximum Gasteiger partial charge on any atom is 0.214 e. The minimum absolute atomic E-state index is 0.0604. The van der Waals surface area contributed by atoms with Crippen molar-refractivity contribution in [2.24, 2.45) is 5.92 Å². The molecule has 4 nitrogen and oxygen atoms in total. The van der Waals surface area contributed by atoms with E-state index in [0.29, 0.717) is 12.3 Å². The van der Waals surface area contributed by atoms with E-state index in [0.717, 1.165) is 19.3 Å². The van der Waals surface area contributed by atoms with Crippen LogP contribution in [-0.2, 0) is 10.0 Å². The van der Waals surface area contributed by atoms with Gasteiger partial charge in [0, 0.05) is 19.7 Å². The van der Waals surface area contributed by atoms with Crippen molar-refractivity contribution in [2.45, 2.75) is 45.1 Å². The van der Waals surface area contributed by atoms with Gasteiger partial charge in [0.05, 0.1) is 5.75 Å². The normalized spacial score (nSPS) is 27.2. The predicted molar refractivity (Wildman–Crippen MR) is 64.7 cm³/mol. The highest BCUT2D eigenvalue weighted by molar-refractivity contribution is 7.89. The second-order valence-corrected chi connectivity index (χ2v) is 6.98. The van der Waals surface area contributed by atoms with Gasteiger partial charge in [-0.05, 0) is 25.2 Å². The molecule has 0 aromatic heterocycles.